The molecule has 0 saturated carbocycles. The van der Waals surface area contributed by atoms with Gasteiger partial charge in [0.05, 0.1) is 25.3 Å². The molecule has 6 aromatic carbocycles. The van der Waals surface area contributed by atoms with Crippen molar-refractivity contribution in [2.45, 2.75) is 0 Å². The summed E-state index contributed by atoms with van der Waals surface area (Å²) in [6.45, 7) is 0. The molecule has 194 valence electrons. The number of hydrogen-bond donors (Lipinski definition) is 0. The number of carbonyl (C=O) groups is 2. The minimum Gasteiger partial charge on any atom is -0.465 e. The molecule has 6 rings (SSSR count). The van der Waals surface area contributed by atoms with Crippen LogP contribution in [0.2, 0.25) is 0 Å². The second kappa shape index (κ2) is 10.5. The fourth-order valence-corrected chi connectivity index (χ4v) is 5.53. The summed E-state index contributed by atoms with van der Waals surface area (Å²) in [7, 11) is 2.77. The number of esters is 2. The maximum atomic E-state index is 13.7. The van der Waals surface area contributed by atoms with Crippen LogP contribution in [0.5, 0.6) is 0 Å². The van der Waals surface area contributed by atoms with Crippen LogP contribution in [0.15, 0.2) is 121 Å². The van der Waals surface area contributed by atoms with Gasteiger partial charge in [0.15, 0.2) is 0 Å². The Kier molecular flexibility index (Phi) is 6.59. The van der Waals surface area contributed by atoms with Gasteiger partial charge in [0, 0.05) is 11.1 Å². The second-order valence-corrected chi connectivity index (χ2v) is 9.51. The van der Waals surface area contributed by atoms with Gasteiger partial charge in [-0.15, -0.1) is 0 Å². The molecule has 0 spiro atoms. The first kappa shape index (κ1) is 25.1. The van der Waals surface area contributed by atoms with Crippen LogP contribution in [0.1, 0.15) is 20.7 Å². The first-order valence-electron chi connectivity index (χ1n) is 13.0. The molecule has 40 heavy (non-hydrogen) atoms. The van der Waals surface area contributed by atoms with Gasteiger partial charge < -0.3 is 9.47 Å². The lowest BCUT2D eigenvalue weighted by Gasteiger charge is -2.22. The van der Waals surface area contributed by atoms with Gasteiger partial charge in [0.25, 0.3) is 0 Å². The lowest BCUT2D eigenvalue weighted by molar-refractivity contribution is 0.0591. The van der Waals surface area contributed by atoms with Gasteiger partial charge in [-0.1, -0.05) is 109 Å². The highest BCUT2D eigenvalue weighted by Gasteiger charge is 2.29. The number of benzene rings is 6. The van der Waals surface area contributed by atoms with E-state index in [1.165, 1.54) is 14.2 Å². The number of hydrogen-bond acceptors (Lipinski definition) is 4. The molecule has 0 bridgehead atoms. The van der Waals surface area contributed by atoms with Crippen LogP contribution < -0.4 is 0 Å². The third-order valence-corrected chi connectivity index (χ3v) is 7.30. The second-order valence-electron chi connectivity index (χ2n) is 9.51. The van der Waals surface area contributed by atoms with Gasteiger partial charge in [-0.05, 0) is 55.9 Å². The summed E-state index contributed by atoms with van der Waals surface area (Å²) < 4.78 is 10.8. The Balaban J connectivity index is 1.89. The zero-order valence-corrected chi connectivity index (χ0v) is 22.2. The zero-order valence-electron chi connectivity index (χ0n) is 22.2. The molecule has 0 unspecified atom stereocenters. The van der Waals surface area contributed by atoms with E-state index in [9.17, 15) is 9.59 Å². The fraction of sp³-hybridized carbons (Fsp3) is 0.0556. The van der Waals surface area contributed by atoms with Gasteiger partial charge in [0.1, 0.15) is 0 Å². The minimum absolute atomic E-state index is 0.396. The van der Waals surface area contributed by atoms with Crippen molar-refractivity contribution in [3.05, 3.63) is 132 Å². The molecule has 0 aromatic heterocycles. The molecule has 6 aromatic rings. The maximum Gasteiger partial charge on any atom is 0.339 e. The van der Waals surface area contributed by atoms with Gasteiger partial charge in [-0.2, -0.15) is 0 Å². The normalized spacial score (nSPS) is 10.9. The summed E-state index contributed by atoms with van der Waals surface area (Å²) in [5, 5.41) is 3.55. The minimum atomic E-state index is -0.482. The Bertz CT molecular complexity index is 1750. The van der Waals surface area contributed by atoms with Crippen molar-refractivity contribution >= 4 is 33.5 Å². The molecule has 0 amide bonds. The predicted molar refractivity (Wildman–Crippen MR) is 160 cm³/mol. The summed E-state index contributed by atoms with van der Waals surface area (Å²) in [6.07, 6.45) is 0. The number of fused-ring (bicyclic) bond motifs is 2. The van der Waals surface area contributed by atoms with E-state index in [-0.39, 0.29) is 0 Å². The molecule has 0 aliphatic rings. The molecule has 0 heterocycles. The summed E-state index contributed by atoms with van der Waals surface area (Å²) in [5.74, 6) is -0.964. The SMILES string of the molecule is COC(=O)c1c(-c2ccccc2)cc2ccccc2c1-c1c(C(=O)OC)c(-c2ccccc2)cc2ccccc12. The standard InChI is InChI=1S/C36H26O4/c1-39-35(37)33-29(23-13-5-3-6-14-23)21-25-17-9-11-19-27(25)31(33)32-28-20-12-10-18-26(28)22-30(34(32)36(38)40-2)24-15-7-4-8-16-24/h3-22H,1-2H3. The van der Waals surface area contributed by atoms with Crippen LogP contribution >= 0.6 is 0 Å². The number of carbonyl (C=O) groups excluding carboxylic acids is 2. The summed E-state index contributed by atoms with van der Waals surface area (Å²) >= 11 is 0. The van der Waals surface area contributed by atoms with E-state index in [1.54, 1.807) is 0 Å². The van der Waals surface area contributed by atoms with Gasteiger partial charge in [0.2, 0.25) is 0 Å². The molecule has 0 N–H and O–H groups in total. The molecule has 0 aliphatic carbocycles. The Morgan fingerprint density at radius 1 is 0.475 bits per heavy atom. The van der Waals surface area contributed by atoms with E-state index in [0.29, 0.717) is 22.3 Å². The van der Waals surface area contributed by atoms with Gasteiger partial charge in [-0.25, -0.2) is 9.59 Å². The predicted octanol–water partition coefficient (Wildman–Crippen LogP) is 8.57. The number of methoxy groups -OCH3 is 2. The number of ether oxygens (including phenoxy) is 2. The number of rotatable bonds is 5. The molecule has 4 heteroatoms. The lowest BCUT2D eigenvalue weighted by atomic mass is 9.81. The molecule has 0 atom stereocenters. The fourth-order valence-electron chi connectivity index (χ4n) is 5.53. The van der Waals surface area contributed by atoms with Gasteiger partial charge >= 0.3 is 11.9 Å². The summed E-state index contributed by atoms with van der Waals surface area (Å²) in [4.78, 5) is 27.5. The third-order valence-electron chi connectivity index (χ3n) is 7.30. The molecular weight excluding hydrogens is 496 g/mol. The first-order chi connectivity index (χ1) is 19.6. The smallest absolute Gasteiger partial charge is 0.339 e. The molecular formula is C36H26O4. The van der Waals surface area contributed by atoms with Crippen LogP contribution in [0.25, 0.3) is 54.9 Å². The lowest BCUT2D eigenvalue weighted by Crippen LogP contribution is -2.11. The van der Waals surface area contributed by atoms with E-state index in [0.717, 1.165) is 43.8 Å². The third kappa shape index (κ3) is 4.20. The summed E-state index contributed by atoms with van der Waals surface area (Å²) in [5.41, 5.74) is 5.27. The van der Waals surface area contributed by atoms with E-state index < -0.39 is 11.9 Å². The van der Waals surface area contributed by atoms with Crippen molar-refractivity contribution in [2.24, 2.45) is 0 Å². The highest BCUT2D eigenvalue weighted by atomic mass is 16.5. The molecule has 4 nitrogen and oxygen atoms in total. The molecule has 0 fully saturated rings. The van der Waals surface area contributed by atoms with E-state index in [2.05, 4.69) is 0 Å². The Morgan fingerprint density at radius 3 is 1.20 bits per heavy atom. The average Bonchev–Trinajstić information content (AvgIpc) is 3.03. The van der Waals surface area contributed by atoms with E-state index >= 15 is 0 Å². The van der Waals surface area contributed by atoms with E-state index in [1.807, 2.05) is 121 Å². The van der Waals surface area contributed by atoms with Crippen LogP contribution in [0.3, 0.4) is 0 Å². The highest BCUT2D eigenvalue weighted by Crippen LogP contribution is 2.46. The molecule has 0 saturated heterocycles. The Hall–Kier alpha value is -5.22. The van der Waals surface area contributed by atoms with Crippen LogP contribution in [0, 0.1) is 0 Å². The first-order valence-corrected chi connectivity index (χ1v) is 13.0. The topological polar surface area (TPSA) is 52.6 Å². The van der Waals surface area contributed by atoms with Crippen molar-refractivity contribution in [1.29, 1.82) is 0 Å². The van der Waals surface area contributed by atoms with Crippen LogP contribution in [-0.4, -0.2) is 26.2 Å². The Labute approximate surface area is 232 Å². The average molecular weight is 523 g/mol. The van der Waals surface area contributed by atoms with Gasteiger partial charge in [-0.3, -0.25) is 0 Å². The Morgan fingerprint density at radius 2 is 0.825 bits per heavy atom. The largest absolute Gasteiger partial charge is 0.465 e. The van der Waals surface area contributed by atoms with Crippen LogP contribution in [-0.2, 0) is 9.47 Å². The monoisotopic (exact) mass is 522 g/mol. The highest BCUT2D eigenvalue weighted by molar-refractivity contribution is 6.22. The summed E-state index contributed by atoms with van der Waals surface area (Å²) in [6, 6.07) is 39.4. The van der Waals surface area contributed by atoms with Crippen molar-refractivity contribution in [3.8, 4) is 33.4 Å². The molecule has 0 aliphatic heterocycles. The maximum absolute atomic E-state index is 13.7. The van der Waals surface area contributed by atoms with Crippen molar-refractivity contribution in [1.82, 2.24) is 0 Å². The van der Waals surface area contributed by atoms with Crippen molar-refractivity contribution in [2.75, 3.05) is 14.2 Å². The molecule has 0 radical (unpaired) electrons. The quantitative estimate of drug-likeness (QED) is 0.213. The van der Waals surface area contributed by atoms with Crippen LogP contribution in [0.4, 0.5) is 0 Å². The van der Waals surface area contributed by atoms with Crippen molar-refractivity contribution < 1.29 is 19.1 Å². The van der Waals surface area contributed by atoms with Crippen molar-refractivity contribution in [3.63, 3.8) is 0 Å². The zero-order chi connectivity index (χ0) is 27.6. The van der Waals surface area contributed by atoms with E-state index in [4.69, 9.17) is 9.47 Å².